The van der Waals surface area contributed by atoms with Crippen molar-refractivity contribution in [1.82, 2.24) is 0 Å². The van der Waals surface area contributed by atoms with Crippen molar-refractivity contribution in [3.05, 3.63) is 59.9 Å². The fraction of sp³-hybridized carbons (Fsp3) is 0.263. The number of quaternary nitrogens is 1. The van der Waals surface area contributed by atoms with Crippen LogP contribution >= 0.6 is 0 Å². The first kappa shape index (κ1) is 17.1. The molecule has 0 aromatic heterocycles. The third-order valence-corrected chi connectivity index (χ3v) is 4.33. The van der Waals surface area contributed by atoms with Crippen LogP contribution in [0.4, 0.5) is 10.1 Å². The summed E-state index contributed by atoms with van der Waals surface area (Å²) < 4.78 is 18.7. The van der Waals surface area contributed by atoms with E-state index in [-0.39, 0.29) is 24.1 Å². The second kappa shape index (κ2) is 7.44. The van der Waals surface area contributed by atoms with E-state index in [1.165, 1.54) is 11.0 Å². The van der Waals surface area contributed by atoms with Gasteiger partial charge in [0.05, 0.1) is 25.8 Å². The summed E-state index contributed by atoms with van der Waals surface area (Å²) in [5, 5.41) is 1.82. The van der Waals surface area contributed by atoms with Gasteiger partial charge in [0.2, 0.25) is 5.91 Å². The molecule has 1 aliphatic heterocycles. The molecule has 1 aliphatic rings. The van der Waals surface area contributed by atoms with E-state index in [2.05, 4.69) is 0 Å². The summed E-state index contributed by atoms with van der Waals surface area (Å²) in [7, 11) is 1.56. The Bertz CT molecular complexity index is 776. The van der Waals surface area contributed by atoms with Crippen molar-refractivity contribution < 1.29 is 24.0 Å². The number of nitrogens with two attached hydrogens (primary N) is 1. The lowest BCUT2D eigenvalue weighted by atomic mass is 10.1. The van der Waals surface area contributed by atoms with E-state index in [1.54, 1.807) is 49.6 Å². The number of carbonyl (C=O) groups excluding carboxylic acids is 2. The van der Waals surface area contributed by atoms with Crippen LogP contribution in [0, 0.1) is 5.82 Å². The van der Waals surface area contributed by atoms with Crippen molar-refractivity contribution in [2.75, 3.05) is 18.6 Å². The molecule has 0 aliphatic carbocycles. The summed E-state index contributed by atoms with van der Waals surface area (Å²) in [5.41, 5.74) is 1.16. The molecule has 2 N–H and O–H groups in total. The number of methoxy groups -OCH3 is 1. The number of carbonyl (C=O) groups is 2. The van der Waals surface area contributed by atoms with E-state index >= 15 is 0 Å². The van der Waals surface area contributed by atoms with Gasteiger partial charge in [0, 0.05) is 6.42 Å². The second-order valence-electron chi connectivity index (χ2n) is 5.94. The Labute approximate surface area is 145 Å². The first-order chi connectivity index (χ1) is 12.1. The average Bonchev–Trinajstić information content (AvgIpc) is 2.90. The Morgan fingerprint density at radius 1 is 1.16 bits per heavy atom. The number of imide groups is 1. The molecule has 1 unspecified atom stereocenters. The van der Waals surface area contributed by atoms with E-state index < -0.39 is 6.04 Å². The lowest BCUT2D eigenvalue weighted by Gasteiger charge is -2.14. The third-order valence-electron chi connectivity index (χ3n) is 4.33. The zero-order valence-electron chi connectivity index (χ0n) is 13.9. The molecule has 5 nitrogen and oxygen atoms in total. The minimum Gasteiger partial charge on any atom is -0.497 e. The molecule has 130 valence electrons. The van der Waals surface area contributed by atoms with E-state index in [0.29, 0.717) is 30.0 Å². The van der Waals surface area contributed by atoms with Crippen molar-refractivity contribution in [1.29, 1.82) is 0 Å². The van der Waals surface area contributed by atoms with Gasteiger partial charge < -0.3 is 10.1 Å². The van der Waals surface area contributed by atoms with Gasteiger partial charge in [-0.25, -0.2) is 9.29 Å². The summed E-state index contributed by atoms with van der Waals surface area (Å²) in [4.78, 5) is 26.0. The number of halogens is 1. The normalized spacial score (nSPS) is 17.2. The van der Waals surface area contributed by atoms with Crippen LogP contribution in [-0.2, 0) is 16.0 Å². The molecule has 0 radical (unpaired) electrons. The molecule has 1 saturated heterocycles. The van der Waals surface area contributed by atoms with Crippen LogP contribution in [-0.4, -0.2) is 31.5 Å². The minimum atomic E-state index is -0.457. The van der Waals surface area contributed by atoms with E-state index in [4.69, 9.17) is 4.74 Å². The molecule has 2 aromatic rings. The van der Waals surface area contributed by atoms with Gasteiger partial charge in [-0.05, 0) is 35.9 Å². The summed E-state index contributed by atoms with van der Waals surface area (Å²) in [6.45, 7) is 0.543. The molecule has 1 fully saturated rings. The Hall–Kier alpha value is -2.73. The molecule has 3 rings (SSSR count). The Balaban J connectivity index is 1.61. The van der Waals surface area contributed by atoms with Crippen LogP contribution in [0.5, 0.6) is 5.75 Å². The molecular weight excluding hydrogens is 323 g/mol. The molecule has 2 aromatic carbocycles. The quantitative estimate of drug-likeness (QED) is 0.804. The highest BCUT2D eigenvalue weighted by Gasteiger charge is 2.42. The van der Waals surface area contributed by atoms with E-state index in [1.807, 2.05) is 5.32 Å². The number of hydrogen-bond donors (Lipinski definition) is 1. The Morgan fingerprint density at radius 2 is 1.88 bits per heavy atom. The summed E-state index contributed by atoms with van der Waals surface area (Å²) in [6, 6.07) is 12.9. The van der Waals surface area contributed by atoms with Crippen molar-refractivity contribution >= 4 is 17.5 Å². The summed E-state index contributed by atoms with van der Waals surface area (Å²) in [5.74, 6) is -0.0357. The maximum Gasteiger partial charge on any atom is 0.292 e. The van der Waals surface area contributed by atoms with Crippen LogP contribution in [0.2, 0.25) is 0 Å². The molecule has 6 heteroatoms. The van der Waals surface area contributed by atoms with Crippen LogP contribution < -0.4 is 15.0 Å². The van der Waals surface area contributed by atoms with Gasteiger partial charge in [0.25, 0.3) is 5.91 Å². The number of benzene rings is 2. The monoisotopic (exact) mass is 343 g/mol. The molecule has 1 atom stereocenters. The highest BCUT2D eigenvalue weighted by atomic mass is 19.1. The van der Waals surface area contributed by atoms with E-state index in [0.717, 1.165) is 0 Å². The highest BCUT2D eigenvalue weighted by molar-refractivity contribution is 6.21. The molecule has 1 heterocycles. The van der Waals surface area contributed by atoms with Crippen molar-refractivity contribution in [3.8, 4) is 5.75 Å². The van der Waals surface area contributed by atoms with Gasteiger partial charge in [-0.2, -0.15) is 0 Å². The zero-order valence-corrected chi connectivity index (χ0v) is 13.9. The smallest absolute Gasteiger partial charge is 0.292 e. The SMILES string of the molecule is COc1ccc(N2C(=O)CC([NH2+]CCc3ccccc3F)C2=O)cc1. The summed E-state index contributed by atoms with van der Waals surface area (Å²) >= 11 is 0. The minimum absolute atomic E-state index is 0.155. The standard InChI is InChI=1S/C19H19FN2O3/c1-25-15-8-6-14(7-9-15)22-18(23)12-17(19(22)24)21-11-10-13-4-2-3-5-16(13)20/h2-9,17,21H,10-12H2,1H3/p+1. The fourth-order valence-corrected chi connectivity index (χ4v) is 2.98. The maximum atomic E-state index is 13.6. The van der Waals surface area contributed by atoms with Gasteiger partial charge in [-0.3, -0.25) is 9.59 Å². The number of hydrogen-bond acceptors (Lipinski definition) is 3. The third kappa shape index (κ3) is 3.69. The lowest BCUT2D eigenvalue weighted by Crippen LogP contribution is -2.92. The predicted octanol–water partition coefficient (Wildman–Crippen LogP) is 1.27. The highest BCUT2D eigenvalue weighted by Crippen LogP contribution is 2.24. The zero-order chi connectivity index (χ0) is 17.8. The molecule has 0 spiro atoms. The molecule has 0 bridgehead atoms. The Kier molecular flexibility index (Phi) is 5.09. The van der Waals surface area contributed by atoms with Gasteiger partial charge in [0.15, 0.2) is 6.04 Å². The molecule has 25 heavy (non-hydrogen) atoms. The largest absolute Gasteiger partial charge is 0.497 e. The van der Waals surface area contributed by atoms with Crippen LogP contribution in [0.3, 0.4) is 0 Å². The predicted molar refractivity (Wildman–Crippen MR) is 90.8 cm³/mol. The molecular formula is C19H20FN2O3+. The number of ether oxygens (including phenoxy) is 1. The van der Waals surface area contributed by atoms with Gasteiger partial charge in [0.1, 0.15) is 11.6 Å². The topological polar surface area (TPSA) is 63.2 Å². The van der Waals surface area contributed by atoms with Gasteiger partial charge >= 0.3 is 0 Å². The van der Waals surface area contributed by atoms with Crippen molar-refractivity contribution in [2.45, 2.75) is 18.9 Å². The van der Waals surface area contributed by atoms with Gasteiger partial charge in [-0.1, -0.05) is 18.2 Å². The second-order valence-corrected chi connectivity index (χ2v) is 5.94. The first-order valence-corrected chi connectivity index (χ1v) is 8.17. The van der Waals surface area contributed by atoms with Crippen LogP contribution in [0.15, 0.2) is 48.5 Å². The maximum absolute atomic E-state index is 13.6. The van der Waals surface area contributed by atoms with Gasteiger partial charge in [-0.15, -0.1) is 0 Å². The number of amides is 2. The molecule has 2 amide bonds. The number of nitrogens with zero attached hydrogens (tertiary/aromatic N) is 1. The lowest BCUT2D eigenvalue weighted by molar-refractivity contribution is -0.674. The Morgan fingerprint density at radius 3 is 2.56 bits per heavy atom. The number of anilines is 1. The van der Waals surface area contributed by atoms with E-state index in [9.17, 15) is 14.0 Å². The number of rotatable bonds is 6. The van der Waals surface area contributed by atoms with Crippen LogP contribution in [0.25, 0.3) is 0 Å². The molecule has 0 saturated carbocycles. The van der Waals surface area contributed by atoms with Crippen LogP contribution in [0.1, 0.15) is 12.0 Å². The summed E-state index contributed by atoms with van der Waals surface area (Å²) in [6.07, 6.45) is 0.662. The van der Waals surface area contributed by atoms with Crippen molar-refractivity contribution in [3.63, 3.8) is 0 Å². The van der Waals surface area contributed by atoms with Crippen molar-refractivity contribution in [2.24, 2.45) is 0 Å². The first-order valence-electron chi connectivity index (χ1n) is 8.17. The fourth-order valence-electron chi connectivity index (χ4n) is 2.98. The average molecular weight is 343 g/mol.